The SMILES string of the molecule is O=C1NC=NC12CC=Cc1ccccc12. The molecule has 1 aliphatic carbocycles. The molecule has 1 atom stereocenters. The fourth-order valence-corrected chi connectivity index (χ4v) is 2.20. The second kappa shape index (κ2) is 2.79. The third-order valence-electron chi connectivity index (χ3n) is 2.97. The average Bonchev–Trinajstić information content (AvgIpc) is 2.62. The van der Waals surface area contributed by atoms with Gasteiger partial charge < -0.3 is 5.32 Å². The number of hydrogen-bond donors (Lipinski definition) is 1. The van der Waals surface area contributed by atoms with E-state index in [2.05, 4.69) is 10.3 Å². The predicted octanol–water partition coefficient (Wildman–Crippen LogP) is 1.46. The van der Waals surface area contributed by atoms with Crippen LogP contribution in [-0.2, 0) is 10.3 Å². The smallest absolute Gasteiger partial charge is 0.257 e. The Balaban J connectivity index is 2.25. The molecule has 1 unspecified atom stereocenters. The molecule has 1 aliphatic heterocycles. The molecular formula is C12H10N2O. The second-order valence-corrected chi connectivity index (χ2v) is 3.79. The first-order chi connectivity index (χ1) is 7.33. The Bertz CT molecular complexity index is 490. The molecule has 0 bridgehead atoms. The Morgan fingerprint density at radius 3 is 3.00 bits per heavy atom. The second-order valence-electron chi connectivity index (χ2n) is 3.79. The minimum atomic E-state index is -0.703. The van der Waals surface area contributed by atoms with Crippen molar-refractivity contribution in [2.75, 3.05) is 0 Å². The summed E-state index contributed by atoms with van der Waals surface area (Å²) in [5, 5.41) is 2.66. The van der Waals surface area contributed by atoms with Crippen molar-refractivity contribution in [3.8, 4) is 0 Å². The van der Waals surface area contributed by atoms with Crippen molar-refractivity contribution in [1.82, 2.24) is 5.32 Å². The van der Waals surface area contributed by atoms with Gasteiger partial charge in [-0.1, -0.05) is 36.4 Å². The standard InChI is InChI=1S/C12H10N2O/c15-11-12(14-8-13-11)7-3-5-9-4-1-2-6-10(9)12/h1-6,8H,7H2,(H,13,14,15). The number of rotatable bonds is 0. The molecule has 1 spiro atoms. The number of benzene rings is 1. The number of carbonyl (C=O) groups is 1. The molecule has 74 valence electrons. The molecule has 3 rings (SSSR count). The van der Waals surface area contributed by atoms with Crippen LogP contribution in [0.5, 0.6) is 0 Å². The molecule has 3 heteroatoms. The van der Waals surface area contributed by atoms with Gasteiger partial charge >= 0.3 is 0 Å². The summed E-state index contributed by atoms with van der Waals surface area (Å²) >= 11 is 0. The van der Waals surface area contributed by atoms with E-state index in [-0.39, 0.29) is 5.91 Å². The Morgan fingerprint density at radius 1 is 1.33 bits per heavy atom. The van der Waals surface area contributed by atoms with Crippen LogP contribution < -0.4 is 5.32 Å². The first kappa shape index (κ1) is 8.41. The minimum absolute atomic E-state index is 0.0284. The fourth-order valence-electron chi connectivity index (χ4n) is 2.20. The topological polar surface area (TPSA) is 41.5 Å². The van der Waals surface area contributed by atoms with Crippen molar-refractivity contribution in [3.05, 3.63) is 41.5 Å². The highest BCUT2D eigenvalue weighted by molar-refractivity contribution is 6.01. The van der Waals surface area contributed by atoms with Gasteiger partial charge in [0, 0.05) is 6.42 Å². The largest absolute Gasteiger partial charge is 0.315 e. The van der Waals surface area contributed by atoms with Crippen LogP contribution in [0.3, 0.4) is 0 Å². The minimum Gasteiger partial charge on any atom is -0.315 e. The van der Waals surface area contributed by atoms with Gasteiger partial charge in [0.1, 0.15) is 0 Å². The summed E-state index contributed by atoms with van der Waals surface area (Å²) < 4.78 is 0. The third-order valence-corrected chi connectivity index (χ3v) is 2.97. The van der Waals surface area contributed by atoms with E-state index in [1.165, 1.54) is 6.34 Å². The maximum atomic E-state index is 11.8. The van der Waals surface area contributed by atoms with Crippen LogP contribution >= 0.6 is 0 Å². The zero-order valence-electron chi connectivity index (χ0n) is 8.10. The van der Waals surface area contributed by atoms with Crippen LogP contribution in [0.4, 0.5) is 0 Å². The van der Waals surface area contributed by atoms with Crippen LogP contribution in [0.25, 0.3) is 6.08 Å². The summed E-state index contributed by atoms with van der Waals surface area (Å²) in [4.78, 5) is 16.2. The summed E-state index contributed by atoms with van der Waals surface area (Å²) in [6, 6.07) is 7.90. The van der Waals surface area contributed by atoms with Gasteiger partial charge in [-0.3, -0.25) is 9.79 Å². The van der Waals surface area contributed by atoms with Crippen molar-refractivity contribution >= 4 is 18.3 Å². The summed E-state index contributed by atoms with van der Waals surface area (Å²) in [6.45, 7) is 0. The lowest BCUT2D eigenvalue weighted by Crippen LogP contribution is -2.37. The number of amides is 1. The third kappa shape index (κ3) is 1.00. The fraction of sp³-hybridized carbons (Fsp3) is 0.167. The first-order valence-corrected chi connectivity index (χ1v) is 4.94. The lowest BCUT2D eigenvalue weighted by molar-refractivity contribution is -0.123. The molecule has 3 nitrogen and oxygen atoms in total. The van der Waals surface area contributed by atoms with Gasteiger partial charge in [0.05, 0.1) is 6.34 Å². The molecule has 1 heterocycles. The van der Waals surface area contributed by atoms with Gasteiger partial charge in [-0.15, -0.1) is 0 Å². The zero-order chi connectivity index (χ0) is 10.3. The van der Waals surface area contributed by atoms with E-state index in [1.807, 2.05) is 36.4 Å². The molecule has 0 aromatic heterocycles. The molecule has 0 fully saturated rings. The van der Waals surface area contributed by atoms with Gasteiger partial charge in [0.15, 0.2) is 5.54 Å². The highest BCUT2D eigenvalue weighted by Crippen LogP contribution is 2.38. The number of nitrogens with one attached hydrogen (secondary N) is 1. The molecule has 0 saturated carbocycles. The molecule has 0 saturated heterocycles. The number of hydrogen-bond acceptors (Lipinski definition) is 2. The summed E-state index contributed by atoms with van der Waals surface area (Å²) in [7, 11) is 0. The van der Waals surface area contributed by atoms with Crippen LogP contribution in [0.1, 0.15) is 17.5 Å². The summed E-state index contributed by atoms with van der Waals surface area (Å²) in [5.41, 5.74) is 1.38. The summed E-state index contributed by atoms with van der Waals surface area (Å²) in [6.07, 6.45) is 6.19. The van der Waals surface area contributed by atoms with E-state index in [0.29, 0.717) is 6.42 Å². The Morgan fingerprint density at radius 2 is 2.20 bits per heavy atom. The number of carbonyl (C=O) groups excluding carboxylic acids is 1. The maximum absolute atomic E-state index is 11.8. The van der Waals surface area contributed by atoms with Crippen molar-refractivity contribution in [2.45, 2.75) is 12.0 Å². The maximum Gasteiger partial charge on any atom is 0.257 e. The first-order valence-electron chi connectivity index (χ1n) is 4.94. The number of fused-ring (bicyclic) bond motifs is 2. The molecule has 15 heavy (non-hydrogen) atoms. The van der Waals surface area contributed by atoms with Crippen LogP contribution in [0, 0.1) is 0 Å². The molecular weight excluding hydrogens is 188 g/mol. The van der Waals surface area contributed by atoms with Crippen molar-refractivity contribution in [3.63, 3.8) is 0 Å². The molecule has 0 radical (unpaired) electrons. The van der Waals surface area contributed by atoms with E-state index < -0.39 is 5.54 Å². The quantitative estimate of drug-likeness (QED) is 0.673. The van der Waals surface area contributed by atoms with E-state index in [4.69, 9.17) is 0 Å². The van der Waals surface area contributed by atoms with Gasteiger partial charge in [-0.05, 0) is 11.1 Å². The Kier molecular flexibility index (Phi) is 1.57. The van der Waals surface area contributed by atoms with Crippen molar-refractivity contribution in [2.24, 2.45) is 4.99 Å². The van der Waals surface area contributed by atoms with Crippen LogP contribution in [-0.4, -0.2) is 12.2 Å². The van der Waals surface area contributed by atoms with Crippen molar-refractivity contribution in [1.29, 1.82) is 0 Å². The zero-order valence-corrected chi connectivity index (χ0v) is 8.10. The van der Waals surface area contributed by atoms with Crippen LogP contribution in [0.15, 0.2) is 35.3 Å². The van der Waals surface area contributed by atoms with E-state index in [1.54, 1.807) is 0 Å². The lowest BCUT2D eigenvalue weighted by atomic mass is 9.80. The van der Waals surface area contributed by atoms with E-state index >= 15 is 0 Å². The van der Waals surface area contributed by atoms with Crippen LogP contribution in [0.2, 0.25) is 0 Å². The number of aliphatic imine (C=N–C) groups is 1. The molecule has 2 aliphatic rings. The van der Waals surface area contributed by atoms with E-state index in [0.717, 1.165) is 11.1 Å². The summed E-state index contributed by atoms with van der Waals surface area (Å²) in [5.74, 6) is -0.0284. The monoisotopic (exact) mass is 198 g/mol. The lowest BCUT2D eigenvalue weighted by Gasteiger charge is -2.27. The van der Waals surface area contributed by atoms with Gasteiger partial charge in [0.2, 0.25) is 0 Å². The normalized spacial score (nSPS) is 26.8. The average molecular weight is 198 g/mol. The molecule has 1 aromatic rings. The Hall–Kier alpha value is -1.90. The van der Waals surface area contributed by atoms with Gasteiger partial charge in [-0.2, -0.15) is 0 Å². The highest BCUT2D eigenvalue weighted by Gasteiger charge is 2.43. The molecule has 1 N–H and O–H groups in total. The van der Waals surface area contributed by atoms with Crippen molar-refractivity contribution < 1.29 is 4.79 Å². The van der Waals surface area contributed by atoms with Gasteiger partial charge in [-0.25, -0.2) is 0 Å². The number of nitrogens with zero attached hydrogens (tertiary/aromatic N) is 1. The predicted molar refractivity (Wildman–Crippen MR) is 58.4 cm³/mol. The highest BCUT2D eigenvalue weighted by atomic mass is 16.2. The molecule has 1 aromatic carbocycles. The van der Waals surface area contributed by atoms with E-state index in [9.17, 15) is 4.79 Å². The van der Waals surface area contributed by atoms with Gasteiger partial charge in [0.25, 0.3) is 5.91 Å². The molecule has 1 amide bonds. The Labute approximate surface area is 87.5 Å².